The number of carbonyl (C=O) groups excluding carboxylic acids is 3. The molecule has 226 valence electrons. The number of alkyl carbamates (subject to hydrolysis) is 1. The van der Waals surface area contributed by atoms with Gasteiger partial charge in [-0.3, -0.25) is 14.5 Å². The fourth-order valence-electron chi connectivity index (χ4n) is 6.01. The van der Waals surface area contributed by atoms with Crippen LogP contribution in [-0.2, 0) is 26.3 Å². The monoisotopic (exact) mass is 594 g/mol. The molecule has 3 N–H and O–H groups in total. The lowest BCUT2D eigenvalue weighted by Gasteiger charge is -2.28. The number of ketones is 1. The first-order valence-electron chi connectivity index (χ1n) is 15.0. The molecular weight excluding hydrogens is 552 g/mol. The Kier molecular flexibility index (Phi) is 10.7. The van der Waals surface area contributed by atoms with Crippen LogP contribution in [0.15, 0.2) is 59.6 Å². The molecule has 2 aromatic rings. The molecule has 0 bridgehead atoms. The van der Waals surface area contributed by atoms with Gasteiger partial charge in [0.15, 0.2) is 17.3 Å². The van der Waals surface area contributed by atoms with Crippen LogP contribution >= 0.6 is 11.6 Å². The largest absolute Gasteiger partial charge is 0.453 e. The molecule has 3 atom stereocenters. The predicted molar refractivity (Wildman–Crippen MR) is 165 cm³/mol. The number of nitrogens with one attached hydrogen (secondary N) is 1. The van der Waals surface area contributed by atoms with Crippen LogP contribution in [-0.4, -0.2) is 48.3 Å². The number of aliphatic imine (C=N–C) groups is 1. The van der Waals surface area contributed by atoms with Crippen LogP contribution in [0.2, 0.25) is 5.02 Å². The second-order valence-electron chi connectivity index (χ2n) is 12.1. The fourth-order valence-corrected chi connectivity index (χ4v) is 6.23. The molecule has 2 aliphatic rings. The number of Topliss-reactive ketones (excluding diaryl/α,β-unsaturated/α-hetero) is 1. The molecule has 1 aliphatic carbocycles. The Balaban J connectivity index is 1.42. The fraction of sp³-hybridized carbons (Fsp3) is 0.515. The van der Waals surface area contributed by atoms with Gasteiger partial charge >= 0.3 is 6.09 Å². The molecule has 0 radical (unpaired) electrons. The molecule has 1 saturated carbocycles. The number of hydrogen-bond acceptors (Lipinski definition) is 6. The zero-order valence-corrected chi connectivity index (χ0v) is 25.6. The van der Waals surface area contributed by atoms with E-state index in [1.54, 1.807) is 11.0 Å². The van der Waals surface area contributed by atoms with Crippen molar-refractivity contribution in [1.29, 1.82) is 0 Å². The minimum atomic E-state index is -1.01. The van der Waals surface area contributed by atoms with Gasteiger partial charge in [0.05, 0.1) is 13.2 Å². The number of ether oxygens (including phenoxy) is 1. The third-order valence-electron chi connectivity index (χ3n) is 8.23. The summed E-state index contributed by atoms with van der Waals surface area (Å²) in [6.07, 6.45) is 5.29. The van der Waals surface area contributed by atoms with Crippen molar-refractivity contribution < 1.29 is 19.1 Å². The van der Waals surface area contributed by atoms with Gasteiger partial charge < -0.3 is 15.8 Å². The second-order valence-corrected chi connectivity index (χ2v) is 12.5. The minimum Gasteiger partial charge on any atom is -0.453 e. The van der Waals surface area contributed by atoms with Crippen molar-refractivity contribution in [2.24, 2.45) is 28.5 Å². The number of nitrogens with two attached hydrogens (primary N) is 1. The summed E-state index contributed by atoms with van der Waals surface area (Å²) in [5, 5.41) is 3.27. The molecule has 1 heterocycles. The van der Waals surface area contributed by atoms with Gasteiger partial charge in [0.1, 0.15) is 0 Å². The maximum absolute atomic E-state index is 13.9. The number of halogens is 1. The second kappa shape index (κ2) is 14.2. The third-order valence-corrected chi connectivity index (χ3v) is 8.60. The van der Waals surface area contributed by atoms with E-state index in [0.717, 1.165) is 24.0 Å². The Labute approximate surface area is 254 Å². The molecule has 42 heavy (non-hydrogen) atoms. The first-order valence-corrected chi connectivity index (χ1v) is 15.3. The number of carbonyl (C=O) groups is 3. The van der Waals surface area contributed by atoms with Crippen molar-refractivity contribution in [3.63, 3.8) is 0 Å². The highest BCUT2D eigenvalue weighted by atomic mass is 35.5. The Morgan fingerprint density at radius 1 is 1.14 bits per heavy atom. The molecule has 4 rings (SSSR count). The topological polar surface area (TPSA) is 114 Å². The molecule has 2 amide bonds. The van der Waals surface area contributed by atoms with E-state index in [1.165, 1.54) is 20.0 Å². The van der Waals surface area contributed by atoms with Crippen molar-refractivity contribution in [2.75, 3.05) is 13.7 Å². The van der Waals surface area contributed by atoms with E-state index < -0.39 is 17.7 Å². The quantitative estimate of drug-likeness (QED) is 0.268. The zero-order valence-electron chi connectivity index (χ0n) is 24.9. The SMILES string of the molecule is COC(=O)N[C@@H](Cc1ccccc1Cl)C(=O)CC(CCCN1C(=O)[C@@](CC(C)C)(c2ccccc2)N=C1N)CC1CC1. The van der Waals surface area contributed by atoms with Crippen molar-refractivity contribution in [2.45, 2.75) is 76.8 Å². The van der Waals surface area contributed by atoms with E-state index in [2.05, 4.69) is 19.2 Å². The van der Waals surface area contributed by atoms with E-state index in [4.69, 9.17) is 27.1 Å². The van der Waals surface area contributed by atoms with E-state index in [9.17, 15) is 14.4 Å². The van der Waals surface area contributed by atoms with Gasteiger partial charge in [-0.15, -0.1) is 0 Å². The number of rotatable bonds is 15. The first kappa shape index (κ1) is 31.5. The Morgan fingerprint density at radius 3 is 2.48 bits per heavy atom. The Morgan fingerprint density at radius 2 is 1.83 bits per heavy atom. The summed E-state index contributed by atoms with van der Waals surface area (Å²) in [6, 6.07) is 16.2. The van der Waals surface area contributed by atoms with Gasteiger partial charge in [0.25, 0.3) is 5.91 Å². The summed E-state index contributed by atoms with van der Waals surface area (Å²) in [5.74, 6) is 1.11. The number of amides is 2. The van der Waals surface area contributed by atoms with Crippen LogP contribution in [0.3, 0.4) is 0 Å². The molecule has 8 nitrogen and oxygen atoms in total. The smallest absolute Gasteiger partial charge is 0.407 e. The van der Waals surface area contributed by atoms with Crippen LogP contribution in [0.1, 0.15) is 69.9 Å². The summed E-state index contributed by atoms with van der Waals surface area (Å²) >= 11 is 6.36. The van der Waals surface area contributed by atoms with Crippen LogP contribution in [0.4, 0.5) is 4.79 Å². The highest BCUT2D eigenvalue weighted by Crippen LogP contribution is 2.40. The van der Waals surface area contributed by atoms with Crippen molar-refractivity contribution in [3.8, 4) is 0 Å². The van der Waals surface area contributed by atoms with Gasteiger partial charge in [-0.05, 0) is 60.6 Å². The van der Waals surface area contributed by atoms with Crippen LogP contribution in [0.5, 0.6) is 0 Å². The van der Waals surface area contributed by atoms with Gasteiger partial charge in [0.2, 0.25) is 0 Å². The summed E-state index contributed by atoms with van der Waals surface area (Å²) < 4.78 is 4.80. The number of guanidine groups is 1. The zero-order chi connectivity index (χ0) is 30.3. The van der Waals surface area contributed by atoms with Gasteiger partial charge in [0, 0.05) is 24.4 Å². The predicted octanol–water partition coefficient (Wildman–Crippen LogP) is 5.86. The molecule has 1 unspecified atom stereocenters. The van der Waals surface area contributed by atoms with Gasteiger partial charge in [-0.2, -0.15) is 0 Å². The number of benzene rings is 2. The molecule has 0 spiro atoms. The summed E-state index contributed by atoms with van der Waals surface area (Å²) in [4.78, 5) is 45.9. The first-order chi connectivity index (χ1) is 20.1. The lowest BCUT2D eigenvalue weighted by Crippen LogP contribution is -2.44. The van der Waals surface area contributed by atoms with Crippen molar-refractivity contribution in [1.82, 2.24) is 10.2 Å². The summed E-state index contributed by atoms with van der Waals surface area (Å²) in [6.45, 7) is 4.61. The summed E-state index contributed by atoms with van der Waals surface area (Å²) in [7, 11) is 1.28. The molecule has 1 aliphatic heterocycles. The molecule has 0 aromatic heterocycles. The molecular formula is C33H43ClN4O4. The molecule has 2 aromatic carbocycles. The average Bonchev–Trinajstić information content (AvgIpc) is 3.75. The van der Waals surface area contributed by atoms with Crippen LogP contribution < -0.4 is 11.1 Å². The highest BCUT2D eigenvalue weighted by Gasteiger charge is 2.49. The van der Waals surface area contributed by atoms with Crippen LogP contribution in [0.25, 0.3) is 0 Å². The standard InChI is InChI=1S/C33H43ClN4O4/c1-22(2)21-33(26-12-5-4-6-13-26)30(40)38(31(35)37-33)17-9-10-24(18-23-15-16-23)19-29(39)28(36-32(41)42-3)20-25-11-7-8-14-27(25)34/h4-8,11-14,22-24,28H,9-10,15-21H2,1-3H3,(H2,35,37)(H,36,41)/t24?,28-,33+/m0/s1. The molecule has 1 fully saturated rings. The lowest BCUT2D eigenvalue weighted by atomic mass is 9.82. The van der Waals surface area contributed by atoms with Crippen molar-refractivity contribution >= 4 is 35.3 Å². The number of methoxy groups -OCH3 is 1. The Hall–Kier alpha value is -3.39. The van der Waals surface area contributed by atoms with E-state index in [0.29, 0.717) is 36.7 Å². The number of hydrogen-bond donors (Lipinski definition) is 2. The van der Waals surface area contributed by atoms with E-state index in [-0.39, 0.29) is 35.9 Å². The highest BCUT2D eigenvalue weighted by molar-refractivity contribution is 6.31. The van der Waals surface area contributed by atoms with Gasteiger partial charge in [-0.25, -0.2) is 9.79 Å². The van der Waals surface area contributed by atoms with E-state index >= 15 is 0 Å². The number of nitrogens with zero attached hydrogens (tertiary/aromatic N) is 2. The van der Waals surface area contributed by atoms with Crippen LogP contribution in [0, 0.1) is 17.8 Å². The third kappa shape index (κ3) is 7.91. The van der Waals surface area contributed by atoms with E-state index in [1.807, 2.05) is 48.5 Å². The average molecular weight is 595 g/mol. The molecule has 9 heteroatoms. The van der Waals surface area contributed by atoms with Gasteiger partial charge in [-0.1, -0.05) is 86.8 Å². The molecule has 0 saturated heterocycles. The maximum Gasteiger partial charge on any atom is 0.407 e. The normalized spacial score (nSPS) is 19.9. The minimum absolute atomic E-state index is 0.0516. The van der Waals surface area contributed by atoms with Crippen molar-refractivity contribution in [3.05, 3.63) is 70.7 Å². The maximum atomic E-state index is 13.9. The summed E-state index contributed by atoms with van der Waals surface area (Å²) in [5.41, 5.74) is 7.01. The lowest BCUT2D eigenvalue weighted by molar-refractivity contribution is -0.132. The Bertz CT molecular complexity index is 1280.